The molecule has 0 aromatic carbocycles. The zero-order valence-electron chi connectivity index (χ0n) is 9.02. The lowest BCUT2D eigenvalue weighted by Gasteiger charge is -2.26. The minimum atomic E-state index is -4.36. The lowest BCUT2D eigenvalue weighted by Crippen LogP contribution is -2.49. The first-order valence-corrected chi connectivity index (χ1v) is 5.51. The van der Waals surface area contributed by atoms with Gasteiger partial charge in [0.15, 0.2) is 0 Å². The molecule has 0 heterocycles. The van der Waals surface area contributed by atoms with Crippen LogP contribution in [0, 0.1) is 5.92 Å². The van der Waals surface area contributed by atoms with Crippen LogP contribution in [0.4, 0.5) is 13.2 Å². The van der Waals surface area contributed by atoms with E-state index in [2.05, 4.69) is 5.32 Å². The maximum atomic E-state index is 12.7. The van der Waals surface area contributed by atoms with Gasteiger partial charge in [-0.3, -0.25) is 4.79 Å². The largest absolute Gasteiger partial charge is 0.408 e. The molecule has 0 bridgehead atoms. The number of hydrogen-bond acceptors (Lipinski definition) is 2. The molecular weight excluding hydrogens is 221 g/mol. The van der Waals surface area contributed by atoms with Gasteiger partial charge in [-0.2, -0.15) is 13.2 Å². The van der Waals surface area contributed by atoms with Crippen LogP contribution in [0.15, 0.2) is 0 Å². The molecular formula is C10H17F3N2O. The van der Waals surface area contributed by atoms with Gasteiger partial charge >= 0.3 is 6.18 Å². The highest BCUT2D eigenvalue weighted by Gasteiger charge is 2.45. The summed E-state index contributed by atoms with van der Waals surface area (Å²) in [6, 6.07) is -1.70. The van der Waals surface area contributed by atoms with E-state index in [4.69, 9.17) is 5.73 Å². The van der Waals surface area contributed by atoms with E-state index < -0.39 is 24.0 Å². The average molecular weight is 238 g/mol. The second-order valence-electron chi connectivity index (χ2n) is 4.17. The molecule has 16 heavy (non-hydrogen) atoms. The van der Waals surface area contributed by atoms with Crippen LogP contribution in [0.2, 0.25) is 0 Å². The fourth-order valence-electron chi connectivity index (χ4n) is 2.13. The average Bonchev–Trinajstić information content (AvgIpc) is 2.65. The van der Waals surface area contributed by atoms with E-state index in [0.29, 0.717) is 12.8 Å². The predicted octanol–water partition coefficient (Wildman–Crippen LogP) is 1.57. The molecule has 1 fully saturated rings. The Morgan fingerprint density at radius 3 is 2.38 bits per heavy atom. The van der Waals surface area contributed by atoms with Gasteiger partial charge in [0, 0.05) is 13.0 Å². The molecule has 1 aliphatic rings. The van der Waals surface area contributed by atoms with Crippen molar-refractivity contribution in [2.75, 3.05) is 6.54 Å². The smallest absolute Gasteiger partial charge is 0.344 e. The summed E-state index contributed by atoms with van der Waals surface area (Å²) < 4.78 is 38.2. The highest BCUT2D eigenvalue weighted by Crippen LogP contribution is 2.35. The van der Waals surface area contributed by atoms with Crippen LogP contribution in [0.25, 0.3) is 0 Å². The maximum Gasteiger partial charge on any atom is 0.408 e. The Balaban J connectivity index is 2.60. The molecule has 6 heteroatoms. The third-order valence-electron chi connectivity index (χ3n) is 2.91. The van der Waals surface area contributed by atoms with Crippen molar-refractivity contribution in [3.05, 3.63) is 0 Å². The number of carbonyl (C=O) groups excluding carboxylic acids is 1. The molecule has 1 rings (SSSR count). The number of halogens is 3. The van der Waals surface area contributed by atoms with Crippen LogP contribution in [-0.4, -0.2) is 24.7 Å². The van der Waals surface area contributed by atoms with E-state index in [1.54, 1.807) is 0 Å². The van der Waals surface area contributed by atoms with Crippen LogP contribution >= 0.6 is 0 Å². The standard InChI is InChI=1S/C10H17F3N2O/c11-10(12,13)9(7-3-1-2-4-7)15-8(16)5-6-14/h7,9H,1-6,14H2,(H,15,16)/t9-/m0/s1. The predicted molar refractivity (Wildman–Crippen MR) is 53.6 cm³/mol. The molecule has 0 aliphatic heterocycles. The van der Waals surface area contributed by atoms with Crippen LogP contribution in [0.1, 0.15) is 32.1 Å². The Bertz CT molecular complexity index is 237. The number of hydrogen-bond donors (Lipinski definition) is 2. The van der Waals surface area contributed by atoms with Gasteiger partial charge in [-0.15, -0.1) is 0 Å². The van der Waals surface area contributed by atoms with Crippen molar-refractivity contribution in [3.63, 3.8) is 0 Å². The van der Waals surface area contributed by atoms with Crippen LogP contribution in [0.3, 0.4) is 0 Å². The van der Waals surface area contributed by atoms with Crippen LogP contribution < -0.4 is 11.1 Å². The highest BCUT2D eigenvalue weighted by atomic mass is 19.4. The van der Waals surface area contributed by atoms with Crippen LogP contribution in [0.5, 0.6) is 0 Å². The van der Waals surface area contributed by atoms with E-state index in [0.717, 1.165) is 12.8 Å². The second-order valence-corrected chi connectivity index (χ2v) is 4.17. The molecule has 3 N–H and O–H groups in total. The van der Waals surface area contributed by atoms with Crippen molar-refractivity contribution in [3.8, 4) is 0 Å². The molecule has 1 saturated carbocycles. The first-order valence-electron chi connectivity index (χ1n) is 5.51. The third-order valence-corrected chi connectivity index (χ3v) is 2.91. The molecule has 0 radical (unpaired) electrons. The fraction of sp³-hybridized carbons (Fsp3) is 0.900. The highest BCUT2D eigenvalue weighted by molar-refractivity contribution is 5.76. The molecule has 1 atom stereocenters. The molecule has 1 aliphatic carbocycles. The number of amides is 1. The normalized spacial score (nSPS) is 19.8. The molecule has 3 nitrogen and oxygen atoms in total. The lowest BCUT2D eigenvalue weighted by atomic mass is 9.97. The van der Waals surface area contributed by atoms with Gasteiger partial charge in [0.2, 0.25) is 5.91 Å². The number of carbonyl (C=O) groups is 1. The van der Waals surface area contributed by atoms with Crippen molar-refractivity contribution in [2.24, 2.45) is 11.7 Å². The molecule has 0 saturated heterocycles. The van der Waals surface area contributed by atoms with Gasteiger partial charge in [-0.05, 0) is 18.8 Å². The molecule has 0 spiro atoms. The number of nitrogens with one attached hydrogen (secondary N) is 1. The number of nitrogens with two attached hydrogens (primary N) is 1. The number of alkyl halides is 3. The second kappa shape index (κ2) is 5.52. The van der Waals surface area contributed by atoms with Crippen molar-refractivity contribution < 1.29 is 18.0 Å². The van der Waals surface area contributed by atoms with Crippen molar-refractivity contribution in [1.29, 1.82) is 0 Å². The Kier molecular flexibility index (Phi) is 4.58. The summed E-state index contributed by atoms with van der Waals surface area (Å²) in [5.41, 5.74) is 5.13. The third kappa shape index (κ3) is 3.66. The van der Waals surface area contributed by atoms with Crippen molar-refractivity contribution in [2.45, 2.75) is 44.3 Å². The van der Waals surface area contributed by atoms with Crippen molar-refractivity contribution >= 4 is 5.91 Å². The van der Waals surface area contributed by atoms with Gasteiger partial charge in [-0.1, -0.05) is 12.8 Å². The summed E-state index contributed by atoms with van der Waals surface area (Å²) in [4.78, 5) is 11.2. The first-order chi connectivity index (χ1) is 7.45. The quantitative estimate of drug-likeness (QED) is 0.781. The van der Waals surface area contributed by atoms with E-state index >= 15 is 0 Å². The van der Waals surface area contributed by atoms with E-state index in [1.165, 1.54) is 0 Å². The first kappa shape index (κ1) is 13.3. The topological polar surface area (TPSA) is 55.1 Å². The van der Waals surface area contributed by atoms with E-state index in [9.17, 15) is 18.0 Å². The Labute approximate surface area is 92.6 Å². The molecule has 0 unspecified atom stereocenters. The van der Waals surface area contributed by atoms with Crippen molar-refractivity contribution in [1.82, 2.24) is 5.32 Å². The van der Waals surface area contributed by atoms with Gasteiger partial charge in [0.1, 0.15) is 6.04 Å². The number of rotatable bonds is 4. The minimum absolute atomic E-state index is 0.0563. The van der Waals surface area contributed by atoms with Gasteiger partial charge in [0.25, 0.3) is 0 Å². The Morgan fingerprint density at radius 1 is 1.38 bits per heavy atom. The monoisotopic (exact) mass is 238 g/mol. The SMILES string of the molecule is NCCC(=O)N[C@@H](C1CCCC1)C(F)(F)F. The fourth-order valence-corrected chi connectivity index (χ4v) is 2.13. The molecule has 1 amide bonds. The summed E-state index contributed by atoms with van der Waals surface area (Å²) in [6.45, 7) is 0.0705. The summed E-state index contributed by atoms with van der Waals surface area (Å²) in [6.07, 6.45) is -1.73. The van der Waals surface area contributed by atoms with Gasteiger partial charge in [-0.25, -0.2) is 0 Å². The molecule has 0 aromatic heterocycles. The van der Waals surface area contributed by atoms with E-state index in [1.807, 2.05) is 0 Å². The van der Waals surface area contributed by atoms with Gasteiger partial charge < -0.3 is 11.1 Å². The Morgan fingerprint density at radius 2 is 1.94 bits per heavy atom. The maximum absolute atomic E-state index is 12.7. The van der Waals surface area contributed by atoms with Gasteiger partial charge in [0.05, 0.1) is 0 Å². The zero-order chi connectivity index (χ0) is 12.2. The molecule has 94 valence electrons. The van der Waals surface area contributed by atoms with Crippen LogP contribution in [-0.2, 0) is 4.79 Å². The zero-order valence-corrected chi connectivity index (χ0v) is 9.02. The summed E-state index contributed by atoms with van der Waals surface area (Å²) in [5.74, 6) is -1.08. The summed E-state index contributed by atoms with van der Waals surface area (Å²) in [7, 11) is 0. The Hall–Kier alpha value is -0.780. The lowest BCUT2D eigenvalue weighted by molar-refractivity contribution is -0.171. The summed E-state index contributed by atoms with van der Waals surface area (Å²) in [5, 5.41) is 2.06. The summed E-state index contributed by atoms with van der Waals surface area (Å²) >= 11 is 0. The van der Waals surface area contributed by atoms with E-state index in [-0.39, 0.29) is 13.0 Å². The minimum Gasteiger partial charge on any atom is -0.344 e. The molecule has 0 aromatic rings.